The second kappa shape index (κ2) is 6.27. The van der Waals surface area contributed by atoms with Crippen molar-refractivity contribution in [1.29, 1.82) is 0 Å². The Kier molecular flexibility index (Phi) is 4.09. The lowest BCUT2D eigenvalue weighted by Gasteiger charge is -2.25. The number of nitrogens with zero attached hydrogens (tertiary/aromatic N) is 3. The number of aromatic amines is 1. The highest BCUT2D eigenvalue weighted by Crippen LogP contribution is 2.24. The third kappa shape index (κ3) is 2.96. The van der Waals surface area contributed by atoms with Crippen LogP contribution in [0.1, 0.15) is 34.5 Å². The van der Waals surface area contributed by atoms with Crippen molar-refractivity contribution in [3.05, 3.63) is 47.3 Å². The number of nitrogens with one attached hydrogen (secondary N) is 1. The fourth-order valence-corrected chi connectivity index (χ4v) is 4.84. The first-order valence-electron chi connectivity index (χ1n) is 8.46. The van der Waals surface area contributed by atoms with E-state index in [0.717, 1.165) is 37.2 Å². The minimum Gasteiger partial charge on any atom is -0.339 e. The number of hydrogen-bond acceptors (Lipinski definition) is 4. The first-order valence-corrected chi connectivity index (χ1v) is 9.90. The van der Waals surface area contributed by atoms with Gasteiger partial charge in [-0.15, -0.1) is 0 Å². The van der Waals surface area contributed by atoms with E-state index >= 15 is 0 Å². The van der Waals surface area contributed by atoms with Crippen molar-refractivity contribution in [2.24, 2.45) is 0 Å². The summed E-state index contributed by atoms with van der Waals surface area (Å²) in [6, 6.07) is 6.29. The maximum Gasteiger partial charge on any atom is 0.253 e. The first kappa shape index (κ1) is 16.3. The molecule has 25 heavy (non-hydrogen) atoms. The van der Waals surface area contributed by atoms with Crippen molar-refractivity contribution in [3.8, 4) is 0 Å². The molecule has 0 spiro atoms. The van der Waals surface area contributed by atoms with Crippen LogP contribution >= 0.6 is 0 Å². The van der Waals surface area contributed by atoms with Gasteiger partial charge in [0.2, 0.25) is 10.0 Å². The molecule has 0 unspecified atom stereocenters. The maximum absolute atomic E-state index is 12.9. The molecular formula is C17H20N4O3S. The van der Waals surface area contributed by atoms with Crippen molar-refractivity contribution >= 4 is 15.9 Å². The van der Waals surface area contributed by atoms with Crippen LogP contribution < -0.4 is 0 Å². The third-order valence-corrected chi connectivity index (χ3v) is 6.76. The molecule has 8 heteroatoms. The van der Waals surface area contributed by atoms with Crippen LogP contribution in [-0.4, -0.2) is 53.4 Å². The largest absolute Gasteiger partial charge is 0.339 e. The molecule has 1 amide bonds. The Bertz CT molecular complexity index is 883. The van der Waals surface area contributed by atoms with E-state index in [2.05, 4.69) is 10.2 Å². The zero-order valence-corrected chi connectivity index (χ0v) is 14.6. The summed E-state index contributed by atoms with van der Waals surface area (Å²) in [4.78, 5) is 14.4. The molecule has 1 N–H and O–H groups in total. The van der Waals surface area contributed by atoms with Gasteiger partial charge in [0.25, 0.3) is 5.91 Å². The van der Waals surface area contributed by atoms with Gasteiger partial charge in [0, 0.05) is 49.4 Å². The highest BCUT2D eigenvalue weighted by atomic mass is 32.2. The van der Waals surface area contributed by atoms with Crippen LogP contribution in [0.25, 0.3) is 0 Å². The fourth-order valence-electron chi connectivity index (χ4n) is 3.42. The zero-order valence-electron chi connectivity index (χ0n) is 13.8. The monoisotopic (exact) mass is 360 g/mol. The smallest absolute Gasteiger partial charge is 0.253 e. The molecule has 0 saturated carbocycles. The average molecular weight is 360 g/mol. The van der Waals surface area contributed by atoms with Crippen molar-refractivity contribution in [2.75, 3.05) is 19.6 Å². The van der Waals surface area contributed by atoms with Crippen molar-refractivity contribution < 1.29 is 13.2 Å². The van der Waals surface area contributed by atoms with Gasteiger partial charge in [0.1, 0.15) is 0 Å². The van der Waals surface area contributed by atoms with Crippen LogP contribution in [0.2, 0.25) is 0 Å². The van der Waals surface area contributed by atoms with Crippen molar-refractivity contribution in [3.63, 3.8) is 0 Å². The number of likely N-dealkylation sites (tertiary alicyclic amines) is 1. The quantitative estimate of drug-likeness (QED) is 0.896. The van der Waals surface area contributed by atoms with Gasteiger partial charge in [0.05, 0.1) is 11.1 Å². The summed E-state index contributed by atoms with van der Waals surface area (Å²) in [5.41, 5.74) is 2.45. The number of aromatic nitrogens is 2. The Hall–Kier alpha value is -2.19. The lowest BCUT2D eigenvalue weighted by molar-refractivity contribution is 0.0792. The molecule has 2 aliphatic heterocycles. The number of rotatable bonds is 3. The second-order valence-electron chi connectivity index (χ2n) is 6.49. The van der Waals surface area contributed by atoms with E-state index < -0.39 is 10.0 Å². The second-order valence-corrected chi connectivity index (χ2v) is 8.42. The molecule has 2 aliphatic rings. The molecule has 1 saturated heterocycles. The highest BCUT2D eigenvalue weighted by Gasteiger charge is 2.29. The lowest BCUT2D eigenvalue weighted by Crippen LogP contribution is -2.35. The maximum atomic E-state index is 12.9. The lowest BCUT2D eigenvalue weighted by atomic mass is 10.1. The third-order valence-electron chi connectivity index (χ3n) is 4.90. The standard InChI is InChI=1S/C17H20N4O3S/c22-17(20-8-1-2-9-20)13-3-5-15(6-4-13)25(23,24)21-10-7-16-14(12-21)11-18-19-16/h3-6,11H,1-2,7-10,12H2,(H,18,19). The summed E-state index contributed by atoms with van der Waals surface area (Å²) >= 11 is 0. The predicted molar refractivity (Wildman–Crippen MR) is 91.5 cm³/mol. The Balaban J connectivity index is 1.54. The number of hydrogen-bond donors (Lipinski definition) is 1. The molecule has 2 aromatic rings. The van der Waals surface area contributed by atoms with E-state index in [1.54, 1.807) is 18.3 Å². The van der Waals surface area contributed by atoms with Gasteiger partial charge in [-0.05, 0) is 37.1 Å². The van der Waals surface area contributed by atoms with Crippen molar-refractivity contribution in [2.45, 2.75) is 30.7 Å². The normalized spacial score (nSPS) is 18.3. The summed E-state index contributed by atoms with van der Waals surface area (Å²) in [6.45, 7) is 2.30. The van der Waals surface area contributed by atoms with Crippen molar-refractivity contribution in [1.82, 2.24) is 19.4 Å². The van der Waals surface area contributed by atoms with Gasteiger partial charge in [-0.2, -0.15) is 9.40 Å². The van der Waals surface area contributed by atoms with Crippen LogP contribution in [0, 0.1) is 0 Å². The van der Waals surface area contributed by atoms with Gasteiger partial charge in [-0.3, -0.25) is 9.89 Å². The molecule has 0 radical (unpaired) electrons. The van der Waals surface area contributed by atoms with E-state index in [4.69, 9.17) is 0 Å². The first-order chi connectivity index (χ1) is 12.1. The molecule has 7 nitrogen and oxygen atoms in total. The SMILES string of the molecule is O=C(c1ccc(S(=O)(=O)N2CCc3[nH]ncc3C2)cc1)N1CCCC1. The van der Waals surface area contributed by atoms with Crippen LogP contribution in [0.15, 0.2) is 35.4 Å². The van der Waals surface area contributed by atoms with Gasteiger partial charge in [-0.25, -0.2) is 8.42 Å². The Morgan fingerprint density at radius 3 is 2.52 bits per heavy atom. The van der Waals surface area contributed by atoms with Gasteiger partial charge in [0.15, 0.2) is 0 Å². The number of sulfonamides is 1. The van der Waals surface area contributed by atoms with Crippen LogP contribution in [0.4, 0.5) is 0 Å². The van der Waals surface area contributed by atoms with E-state index in [1.165, 1.54) is 16.4 Å². The van der Waals surface area contributed by atoms with Gasteiger partial charge in [-0.1, -0.05) is 0 Å². The zero-order chi connectivity index (χ0) is 17.4. The molecule has 0 aliphatic carbocycles. The average Bonchev–Trinajstić information content (AvgIpc) is 3.32. The Morgan fingerprint density at radius 1 is 1.08 bits per heavy atom. The number of carbonyl (C=O) groups excluding carboxylic acids is 1. The highest BCUT2D eigenvalue weighted by molar-refractivity contribution is 7.89. The molecule has 1 aromatic heterocycles. The Labute approximate surface area is 146 Å². The van der Waals surface area contributed by atoms with Crippen LogP contribution in [-0.2, 0) is 23.0 Å². The summed E-state index contributed by atoms with van der Waals surface area (Å²) in [5, 5.41) is 6.88. The van der Waals surface area contributed by atoms with E-state index in [-0.39, 0.29) is 10.8 Å². The molecule has 0 bridgehead atoms. The molecule has 3 heterocycles. The summed E-state index contributed by atoms with van der Waals surface area (Å²) in [5.74, 6) is -0.0255. The number of carbonyl (C=O) groups is 1. The number of amides is 1. The molecule has 1 aromatic carbocycles. The predicted octanol–water partition coefficient (Wildman–Crippen LogP) is 1.39. The minimum absolute atomic E-state index is 0.0255. The summed E-state index contributed by atoms with van der Waals surface area (Å²) < 4.78 is 27.2. The van der Waals surface area contributed by atoms with Crippen LogP contribution in [0.3, 0.4) is 0 Å². The summed E-state index contributed by atoms with van der Waals surface area (Å²) in [6.07, 6.45) is 4.36. The van der Waals surface area contributed by atoms with E-state index in [9.17, 15) is 13.2 Å². The number of H-pyrrole nitrogens is 1. The molecule has 0 atom stereocenters. The van der Waals surface area contributed by atoms with E-state index in [1.807, 2.05) is 4.90 Å². The number of fused-ring (bicyclic) bond motifs is 1. The van der Waals surface area contributed by atoms with Gasteiger partial charge < -0.3 is 4.90 Å². The molecular weight excluding hydrogens is 340 g/mol. The fraction of sp³-hybridized carbons (Fsp3) is 0.412. The molecule has 1 fully saturated rings. The van der Waals surface area contributed by atoms with E-state index in [0.29, 0.717) is 25.1 Å². The van der Waals surface area contributed by atoms with Crippen LogP contribution in [0.5, 0.6) is 0 Å². The summed E-state index contributed by atoms with van der Waals surface area (Å²) in [7, 11) is -3.58. The Morgan fingerprint density at radius 2 is 1.80 bits per heavy atom. The number of benzene rings is 1. The molecule has 132 valence electrons. The molecule has 4 rings (SSSR count). The topological polar surface area (TPSA) is 86.4 Å². The minimum atomic E-state index is -3.58. The van der Waals surface area contributed by atoms with Gasteiger partial charge >= 0.3 is 0 Å².